The molecular formula is C27H30N2O3. The molecule has 0 aromatic heterocycles. The molecule has 1 aliphatic heterocycles. The van der Waals surface area contributed by atoms with Gasteiger partial charge in [0.05, 0.1) is 20.3 Å². The topological polar surface area (TPSA) is 42.0 Å². The summed E-state index contributed by atoms with van der Waals surface area (Å²) in [5.74, 6) is 1.25. The average Bonchev–Trinajstić information content (AvgIpc) is 2.85. The van der Waals surface area contributed by atoms with E-state index in [0.717, 1.165) is 13.1 Å². The molecular weight excluding hydrogens is 400 g/mol. The third kappa shape index (κ3) is 4.78. The number of nitrogens with zero attached hydrogens (tertiary/aromatic N) is 2. The summed E-state index contributed by atoms with van der Waals surface area (Å²) in [7, 11) is 3.19. The lowest BCUT2D eigenvalue weighted by atomic mass is 9.95. The normalized spacial score (nSPS) is 15.3. The Balaban J connectivity index is 1.52. The number of hydrogen-bond acceptors (Lipinski definition) is 4. The van der Waals surface area contributed by atoms with Crippen LogP contribution in [0, 0.1) is 6.92 Å². The van der Waals surface area contributed by atoms with Crippen molar-refractivity contribution in [2.75, 3.05) is 40.4 Å². The van der Waals surface area contributed by atoms with Crippen LogP contribution in [-0.2, 0) is 0 Å². The molecule has 1 saturated heterocycles. The first kappa shape index (κ1) is 21.9. The first-order valence-electron chi connectivity index (χ1n) is 11.0. The van der Waals surface area contributed by atoms with E-state index in [1.54, 1.807) is 32.4 Å². The molecule has 1 atom stereocenters. The van der Waals surface area contributed by atoms with Gasteiger partial charge in [-0.3, -0.25) is 9.69 Å². The largest absolute Gasteiger partial charge is 0.497 e. The highest BCUT2D eigenvalue weighted by Crippen LogP contribution is 2.30. The first-order chi connectivity index (χ1) is 15.6. The second kappa shape index (κ2) is 9.88. The molecule has 0 unspecified atom stereocenters. The van der Waals surface area contributed by atoms with Crippen LogP contribution < -0.4 is 9.47 Å². The molecule has 166 valence electrons. The molecule has 1 amide bonds. The van der Waals surface area contributed by atoms with Crippen molar-refractivity contribution in [1.82, 2.24) is 9.80 Å². The van der Waals surface area contributed by atoms with Crippen LogP contribution in [0.1, 0.15) is 33.1 Å². The molecule has 4 rings (SSSR count). The third-order valence-electron chi connectivity index (χ3n) is 6.07. The Kier molecular flexibility index (Phi) is 6.76. The second-order valence-corrected chi connectivity index (χ2v) is 8.15. The fraction of sp³-hybridized carbons (Fsp3) is 0.296. The number of rotatable bonds is 6. The number of methoxy groups -OCH3 is 2. The highest BCUT2D eigenvalue weighted by Gasteiger charge is 2.29. The van der Waals surface area contributed by atoms with Crippen molar-refractivity contribution in [3.63, 3.8) is 0 Å². The predicted octanol–water partition coefficient (Wildman–Crippen LogP) is 4.56. The number of benzene rings is 3. The van der Waals surface area contributed by atoms with Gasteiger partial charge in [0, 0.05) is 37.8 Å². The molecule has 1 fully saturated rings. The van der Waals surface area contributed by atoms with Gasteiger partial charge in [-0.15, -0.1) is 0 Å². The van der Waals surface area contributed by atoms with Gasteiger partial charge in [-0.2, -0.15) is 0 Å². The monoisotopic (exact) mass is 430 g/mol. The van der Waals surface area contributed by atoms with Crippen molar-refractivity contribution in [3.8, 4) is 11.5 Å². The van der Waals surface area contributed by atoms with E-state index in [-0.39, 0.29) is 11.9 Å². The standard InChI is InChI=1S/C27H30N2O3/c1-20-9-11-22(12-10-20)26(21-7-5-4-6-8-21)28-13-15-29(16-14-28)27(30)23-17-24(31-2)19-25(18-23)32-3/h4-12,17-19,26H,13-16H2,1-3H3/t26-/m1/s1. The SMILES string of the molecule is COc1cc(OC)cc(C(=O)N2CCN([C@H](c3ccccc3)c3ccc(C)cc3)CC2)c1. The van der Waals surface area contributed by atoms with Gasteiger partial charge in [-0.25, -0.2) is 0 Å². The summed E-state index contributed by atoms with van der Waals surface area (Å²) in [5.41, 5.74) is 4.39. The van der Waals surface area contributed by atoms with Gasteiger partial charge in [0.15, 0.2) is 0 Å². The molecule has 0 saturated carbocycles. The van der Waals surface area contributed by atoms with E-state index in [1.165, 1.54) is 16.7 Å². The smallest absolute Gasteiger partial charge is 0.254 e. The molecule has 5 heteroatoms. The van der Waals surface area contributed by atoms with Gasteiger partial charge >= 0.3 is 0 Å². The Morgan fingerprint density at radius 1 is 0.781 bits per heavy atom. The van der Waals surface area contributed by atoms with E-state index < -0.39 is 0 Å². The number of piperazine rings is 1. The van der Waals surface area contributed by atoms with Crippen LogP contribution in [0.25, 0.3) is 0 Å². The third-order valence-corrected chi connectivity index (χ3v) is 6.07. The van der Waals surface area contributed by atoms with Gasteiger partial charge in [0.1, 0.15) is 11.5 Å². The Morgan fingerprint density at radius 2 is 1.34 bits per heavy atom. The van der Waals surface area contributed by atoms with E-state index in [1.807, 2.05) is 4.90 Å². The fourth-order valence-electron chi connectivity index (χ4n) is 4.29. The summed E-state index contributed by atoms with van der Waals surface area (Å²) in [5, 5.41) is 0. The lowest BCUT2D eigenvalue weighted by molar-refractivity contribution is 0.0596. The van der Waals surface area contributed by atoms with E-state index in [4.69, 9.17) is 9.47 Å². The molecule has 3 aromatic rings. The van der Waals surface area contributed by atoms with Gasteiger partial charge in [-0.05, 0) is 30.2 Å². The van der Waals surface area contributed by atoms with E-state index >= 15 is 0 Å². The van der Waals surface area contributed by atoms with Gasteiger partial charge in [-0.1, -0.05) is 60.2 Å². The minimum atomic E-state index is 0.00782. The zero-order valence-corrected chi connectivity index (χ0v) is 19.0. The molecule has 0 aliphatic carbocycles. The number of ether oxygens (including phenoxy) is 2. The van der Waals surface area contributed by atoms with Crippen LogP contribution in [0.15, 0.2) is 72.8 Å². The fourth-order valence-corrected chi connectivity index (χ4v) is 4.29. The van der Waals surface area contributed by atoms with Gasteiger partial charge < -0.3 is 14.4 Å². The molecule has 0 radical (unpaired) electrons. The quantitative estimate of drug-likeness (QED) is 0.575. The van der Waals surface area contributed by atoms with Gasteiger partial charge in [0.25, 0.3) is 5.91 Å². The van der Waals surface area contributed by atoms with Crippen molar-refractivity contribution >= 4 is 5.91 Å². The average molecular weight is 431 g/mol. The molecule has 3 aromatic carbocycles. The highest BCUT2D eigenvalue weighted by molar-refractivity contribution is 5.95. The summed E-state index contributed by atoms with van der Waals surface area (Å²) in [4.78, 5) is 17.6. The minimum Gasteiger partial charge on any atom is -0.497 e. The zero-order valence-electron chi connectivity index (χ0n) is 19.0. The molecule has 0 N–H and O–H groups in total. The van der Waals surface area contributed by atoms with E-state index in [2.05, 4.69) is 66.4 Å². The molecule has 1 heterocycles. The highest BCUT2D eigenvalue weighted by atomic mass is 16.5. The van der Waals surface area contributed by atoms with Crippen LogP contribution in [-0.4, -0.2) is 56.1 Å². The van der Waals surface area contributed by atoms with Crippen LogP contribution >= 0.6 is 0 Å². The Labute approximate surface area is 190 Å². The van der Waals surface area contributed by atoms with Crippen molar-refractivity contribution in [1.29, 1.82) is 0 Å². The Morgan fingerprint density at radius 3 is 1.91 bits per heavy atom. The maximum atomic E-state index is 13.2. The van der Waals surface area contributed by atoms with Crippen LogP contribution in [0.4, 0.5) is 0 Å². The van der Waals surface area contributed by atoms with Crippen molar-refractivity contribution < 1.29 is 14.3 Å². The van der Waals surface area contributed by atoms with Gasteiger partial charge in [0.2, 0.25) is 0 Å². The van der Waals surface area contributed by atoms with Crippen LogP contribution in [0.5, 0.6) is 11.5 Å². The lowest BCUT2D eigenvalue weighted by Gasteiger charge is -2.40. The predicted molar refractivity (Wildman–Crippen MR) is 126 cm³/mol. The van der Waals surface area contributed by atoms with Crippen LogP contribution in [0.2, 0.25) is 0 Å². The second-order valence-electron chi connectivity index (χ2n) is 8.15. The first-order valence-corrected chi connectivity index (χ1v) is 11.0. The van der Waals surface area contributed by atoms with Crippen LogP contribution in [0.3, 0.4) is 0 Å². The zero-order chi connectivity index (χ0) is 22.5. The number of carbonyl (C=O) groups excluding carboxylic acids is 1. The Hall–Kier alpha value is -3.31. The van der Waals surface area contributed by atoms with Crippen molar-refractivity contribution in [2.24, 2.45) is 0 Å². The summed E-state index contributed by atoms with van der Waals surface area (Å²) < 4.78 is 10.7. The molecule has 0 bridgehead atoms. The maximum absolute atomic E-state index is 13.2. The molecule has 0 spiro atoms. The number of hydrogen-bond donors (Lipinski definition) is 0. The molecule has 1 aliphatic rings. The molecule has 32 heavy (non-hydrogen) atoms. The summed E-state index contributed by atoms with van der Waals surface area (Å²) in [6.07, 6.45) is 0. The Bertz CT molecular complexity index is 1020. The number of carbonyl (C=O) groups is 1. The number of aryl methyl sites for hydroxylation is 1. The van der Waals surface area contributed by atoms with E-state index in [9.17, 15) is 4.79 Å². The van der Waals surface area contributed by atoms with E-state index in [0.29, 0.717) is 30.2 Å². The maximum Gasteiger partial charge on any atom is 0.254 e. The summed E-state index contributed by atoms with van der Waals surface area (Å²) in [6.45, 7) is 5.07. The van der Waals surface area contributed by atoms with Crippen molar-refractivity contribution in [3.05, 3.63) is 95.1 Å². The van der Waals surface area contributed by atoms with Crippen molar-refractivity contribution in [2.45, 2.75) is 13.0 Å². The lowest BCUT2D eigenvalue weighted by Crippen LogP contribution is -2.49. The summed E-state index contributed by atoms with van der Waals surface area (Å²) >= 11 is 0. The number of amides is 1. The summed E-state index contributed by atoms with van der Waals surface area (Å²) in [6, 6.07) is 24.9. The minimum absolute atomic E-state index is 0.00782. The molecule has 5 nitrogen and oxygen atoms in total.